The summed E-state index contributed by atoms with van der Waals surface area (Å²) in [5.41, 5.74) is 2.81. The van der Waals surface area contributed by atoms with Crippen molar-refractivity contribution in [3.8, 4) is 0 Å². The van der Waals surface area contributed by atoms with Crippen molar-refractivity contribution in [2.75, 3.05) is 0 Å². The van der Waals surface area contributed by atoms with Crippen molar-refractivity contribution >= 4 is 11.3 Å². The van der Waals surface area contributed by atoms with Gasteiger partial charge in [-0.2, -0.15) is 0 Å². The van der Waals surface area contributed by atoms with Crippen LogP contribution in [0.4, 0.5) is 0 Å². The summed E-state index contributed by atoms with van der Waals surface area (Å²) >= 11 is 1.97. The molecule has 1 atom stereocenters. The fourth-order valence-corrected chi connectivity index (χ4v) is 3.35. The van der Waals surface area contributed by atoms with Crippen LogP contribution < -0.4 is 0 Å². The van der Waals surface area contributed by atoms with E-state index in [0.717, 1.165) is 6.42 Å². The Bertz CT molecular complexity index is 508. The van der Waals surface area contributed by atoms with Crippen LogP contribution in [0.3, 0.4) is 0 Å². The third-order valence-corrected chi connectivity index (χ3v) is 4.78. The number of thiophene rings is 1. The highest BCUT2D eigenvalue weighted by molar-refractivity contribution is 7.12. The molecule has 1 aromatic carbocycles. The van der Waals surface area contributed by atoms with Crippen LogP contribution in [0.2, 0.25) is 0 Å². The minimum absolute atomic E-state index is 0.601. The summed E-state index contributed by atoms with van der Waals surface area (Å²) in [4.78, 5) is 3.01. The van der Waals surface area contributed by atoms with Gasteiger partial charge in [-0.3, -0.25) is 0 Å². The van der Waals surface area contributed by atoms with E-state index in [1.807, 2.05) is 11.3 Å². The van der Waals surface area contributed by atoms with Gasteiger partial charge in [0.05, 0.1) is 0 Å². The van der Waals surface area contributed by atoms with Crippen LogP contribution in [-0.2, 0) is 6.42 Å². The van der Waals surface area contributed by atoms with Gasteiger partial charge in [-0.15, -0.1) is 11.3 Å². The van der Waals surface area contributed by atoms with Crippen molar-refractivity contribution in [3.05, 3.63) is 57.3 Å². The molecular formula is C17H22S. The molecule has 0 nitrogen and oxygen atoms in total. The summed E-state index contributed by atoms with van der Waals surface area (Å²) in [6.07, 6.45) is 1.15. The Morgan fingerprint density at radius 3 is 2.44 bits per heavy atom. The molecule has 96 valence electrons. The monoisotopic (exact) mass is 258 g/mol. The molecule has 18 heavy (non-hydrogen) atoms. The summed E-state index contributed by atoms with van der Waals surface area (Å²) in [6.45, 7) is 9.01. The molecule has 0 bridgehead atoms. The van der Waals surface area contributed by atoms with Crippen LogP contribution >= 0.6 is 11.3 Å². The minimum atomic E-state index is 0.601. The van der Waals surface area contributed by atoms with Crippen molar-refractivity contribution in [2.45, 2.75) is 46.0 Å². The van der Waals surface area contributed by atoms with E-state index in [2.05, 4.69) is 64.1 Å². The maximum atomic E-state index is 2.32. The van der Waals surface area contributed by atoms with Gasteiger partial charge in [0.1, 0.15) is 0 Å². The van der Waals surface area contributed by atoms with E-state index in [9.17, 15) is 0 Å². The number of rotatable bonds is 4. The van der Waals surface area contributed by atoms with E-state index in [0.29, 0.717) is 11.8 Å². The van der Waals surface area contributed by atoms with Crippen LogP contribution in [-0.4, -0.2) is 0 Å². The third-order valence-electron chi connectivity index (χ3n) is 3.37. The second-order valence-corrected chi connectivity index (χ2v) is 6.68. The van der Waals surface area contributed by atoms with Crippen LogP contribution in [0.15, 0.2) is 36.4 Å². The molecule has 1 unspecified atom stereocenters. The predicted octanol–water partition coefficient (Wildman–Crippen LogP) is 5.53. The topological polar surface area (TPSA) is 0 Å². The first-order valence-corrected chi connectivity index (χ1v) is 7.53. The SMILES string of the molecule is Cc1cccc(C(C)Cc2ccc(C(C)C)s2)c1. The zero-order chi connectivity index (χ0) is 13.1. The van der Waals surface area contributed by atoms with Gasteiger partial charge in [-0.25, -0.2) is 0 Å². The number of hydrogen-bond donors (Lipinski definition) is 0. The van der Waals surface area contributed by atoms with Gasteiger partial charge in [0.25, 0.3) is 0 Å². The highest BCUT2D eigenvalue weighted by Gasteiger charge is 2.10. The quantitative estimate of drug-likeness (QED) is 0.676. The zero-order valence-corrected chi connectivity index (χ0v) is 12.6. The maximum absolute atomic E-state index is 2.32. The average Bonchev–Trinajstić information content (AvgIpc) is 2.77. The number of benzene rings is 1. The first kappa shape index (κ1) is 13.4. The lowest BCUT2D eigenvalue weighted by atomic mass is 9.96. The second kappa shape index (κ2) is 5.71. The molecule has 0 amide bonds. The molecule has 1 heterocycles. The lowest BCUT2D eigenvalue weighted by molar-refractivity contribution is 0.768. The molecule has 1 aromatic heterocycles. The average molecular weight is 258 g/mol. The minimum Gasteiger partial charge on any atom is -0.145 e. The van der Waals surface area contributed by atoms with Gasteiger partial charge >= 0.3 is 0 Å². The second-order valence-electron chi connectivity index (χ2n) is 5.48. The molecule has 0 N–H and O–H groups in total. The van der Waals surface area contributed by atoms with Crippen LogP contribution in [0, 0.1) is 6.92 Å². The predicted molar refractivity (Wildman–Crippen MR) is 81.7 cm³/mol. The lowest BCUT2D eigenvalue weighted by Gasteiger charge is -2.11. The standard InChI is InChI=1S/C17H22S/c1-12(2)17-9-8-16(18-17)11-14(4)15-7-5-6-13(3)10-15/h5-10,12,14H,11H2,1-4H3. The van der Waals surface area contributed by atoms with Gasteiger partial charge in [-0.05, 0) is 42.9 Å². The molecular weight excluding hydrogens is 236 g/mol. The molecule has 2 aromatic rings. The van der Waals surface area contributed by atoms with Crippen LogP contribution in [0.5, 0.6) is 0 Å². The van der Waals surface area contributed by atoms with Gasteiger partial charge in [0, 0.05) is 9.75 Å². The Morgan fingerprint density at radius 2 is 1.83 bits per heavy atom. The summed E-state index contributed by atoms with van der Waals surface area (Å²) in [6, 6.07) is 13.5. The van der Waals surface area contributed by atoms with Crippen LogP contribution in [0.25, 0.3) is 0 Å². The van der Waals surface area contributed by atoms with Crippen molar-refractivity contribution in [1.29, 1.82) is 0 Å². The molecule has 2 rings (SSSR count). The van der Waals surface area contributed by atoms with Crippen molar-refractivity contribution in [3.63, 3.8) is 0 Å². The highest BCUT2D eigenvalue weighted by Crippen LogP contribution is 2.29. The Kier molecular flexibility index (Phi) is 4.23. The Balaban J connectivity index is 2.08. The van der Waals surface area contributed by atoms with Crippen molar-refractivity contribution in [1.82, 2.24) is 0 Å². The van der Waals surface area contributed by atoms with Crippen LogP contribution in [0.1, 0.15) is 53.5 Å². The molecule has 0 aliphatic carbocycles. The molecule has 0 saturated heterocycles. The fourth-order valence-electron chi connectivity index (χ4n) is 2.21. The first-order chi connectivity index (χ1) is 8.56. The van der Waals surface area contributed by atoms with E-state index in [4.69, 9.17) is 0 Å². The molecule has 1 heteroatoms. The lowest BCUT2D eigenvalue weighted by Crippen LogP contribution is -1.97. The molecule has 0 fully saturated rings. The maximum Gasteiger partial charge on any atom is 0.00736 e. The highest BCUT2D eigenvalue weighted by atomic mass is 32.1. The number of aryl methyl sites for hydroxylation is 1. The van der Waals surface area contributed by atoms with E-state index in [1.54, 1.807) is 0 Å². The van der Waals surface area contributed by atoms with Crippen molar-refractivity contribution < 1.29 is 0 Å². The third kappa shape index (κ3) is 3.23. The summed E-state index contributed by atoms with van der Waals surface area (Å²) in [5.74, 6) is 1.25. The van der Waals surface area contributed by atoms with E-state index in [1.165, 1.54) is 20.9 Å². The van der Waals surface area contributed by atoms with E-state index in [-0.39, 0.29) is 0 Å². The largest absolute Gasteiger partial charge is 0.145 e. The normalized spacial score (nSPS) is 12.9. The summed E-state index contributed by atoms with van der Waals surface area (Å²) in [7, 11) is 0. The fraction of sp³-hybridized carbons (Fsp3) is 0.412. The Morgan fingerprint density at radius 1 is 1.06 bits per heavy atom. The smallest absolute Gasteiger partial charge is 0.00736 e. The van der Waals surface area contributed by atoms with E-state index < -0.39 is 0 Å². The molecule has 0 spiro atoms. The molecule has 0 radical (unpaired) electrons. The Labute approximate surface area is 115 Å². The first-order valence-electron chi connectivity index (χ1n) is 6.71. The summed E-state index contributed by atoms with van der Waals surface area (Å²) in [5, 5.41) is 0. The molecule has 0 saturated carbocycles. The van der Waals surface area contributed by atoms with Crippen molar-refractivity contribution in [2.24, 2.45) is 0 Å². The zero-order valence-electron chi connectivity index (χ0n) is 11.7. The van der Waals surface area contributed by atoms with Gasteiger partial charge in [0.2, 0.25) is 0 Å². The number of hydrogen-bond acceptors (Lipinski definition) is 1. The van der Waals surface area contributed by atoms with E-state index >= 15 is 0 Å². The van der Waals surface area contributed by atoms with Gasteiger partial charge < -0.3 is 0 Å². The summed E-state index contributed by atoms with van der Waals surface area (Å²) < 4.78 is 0. The van der Waals surface area contributed by atoms with Gasteiger partial charge in [0.15, 0.2) is 0 Å². The van der Waals surface area contributed by atoms with Gasteiger partial charge in [-0.1, -0.05) is 50.6 Å². The molecule has 0 aliphatic rings. The molecule has 0 aliphatic heterocycles. The Hall–Kier alpha value is -1.08.